The van der Waals surface area contributed by atoms with Crippen molar-refractivity contribution >= 4 is 15.2 Å². The Balaban J connectivity index is 0. The van der Waals surface area contributed by atoms with Gasteiger partial charge in [0.1, 0.15) is 0 Å². The summed E-state index contributed by atoms with van der Waals surface area (Å²) in [6.45, 7) is 9.31. The fraction of sp³-hybridized carbons (Fsp3) is 1.00. The van der Waals surface area contributed by atoms with E-state index in [9.17, 15) is 0 Å². The second kappa shape index (κ2) is 7.60. The third kappa shape index (κ3) is 11.3. The molecule has 0 aromatic rings. The van der Waals surface area contributed by atoms with Gasteiger partial charge in [0.15, 0.2) is 0 Å². The predicted octanol–water partition coefficient (Wildman–Crippen LogP) is 1.75. The fourth-order valence-corrected chi connectivity index (χ4v) is 2.80. The van der Waals surface area contributed by atoms with Gasteiger partial charge in [-0.1, -0.05) is 50.1 Å². The first-order chi connectivity index (χ1) is 4.13. The minimum atomic E-state index is 0. The molecule has 0 aliphatic carbocycles. The molecule has 0 spiro atoms. The Morgan fingerprint density at radius 3 is 1.40 bits per heavy atom. The largest absolute Gasteiger partial charge is 0.412 e. The molecule has 2 N–H and O–H groups in total. The van der Waals surface area contributed by atoms with E-state index in [2.05, 4.69) is 27.7 Å². The molecule has 0 bridgehead atoms. The zero-order valence-electron chi connectivity index (χ0n) is 7.78. The van der Waals surface area contributed by atoms with Gasteiger partial charge in [-0.05, 0) is 0 Å². The van der Waals surface area contributed by atoms with E-state index in [1.807, 2.05) is 0 Å². The van der Waals surface area contributed by atoms with Crippen LogP contribution in [0.3, 0.4) is 0 Å². The molecule has 0 aromatic carbocycles. The van der Waals surface area contributed by atoms with E-state index in [4.69, 9.17) is 0 Å². The molecule has 0 unspecified atom stereocenters. The summed E-state index contributed by atoms with van der Waals surface area (Å²) in [5, 5.41) is 3.08. The lowest BCUT2D eigenvalue weighted by Crippen LogP contribution is -1.99. The molecule has 0 heterocycles. The summed E-state index contributed by atoms with van der Waals surface area (Å²) in [5.74, 6) is 1.91. The monoisotopic (exact) mass is 160 g/mol. The summed E-state index contributed by atoms with van der Waals surface area (Å²) in [6, 6.07) is 0. The van der Waals surface area contributed by atoms with E-state index in [0.717, 1.165) is 11.8 Å². The van der Waals surface area contributed by atoms with Crippen LogP contribution in [0, 0.1) is 11.8 Å². The Bertz CT molecular complexity index is 54.3. The van der Waals surface area contributed by atoms with Crippen molar-refractivity contribution in [3.8, 4) is 0 Å². The predicted molar refractivity (Wildman–Crippen MR) is 50.1 cm³/mol. The smallest absolute Gasteiger partial charge is 0.237 e. The van der Waals surface area contributed by atoms with Crippen LogP contribution < -0.4 is 0 Å². The van der Waals surface area contributed by atoms with Gasteiger partial charge in [0.25, 0.3) is 0 Å². The van der Waals surface area contributed by atoms with E-state index < -0.39 is 0 Å². The second-order valence-electron chi connectivity index (χ2n) is 3.72. The summed E-state index contributed by atoms with van der Waals surface area (Å²) in [6.07, 6.45) is 0. The summed E-state index contributed by atoms with van der Waals surface area (Å²) >= 11 is 0.316. The highest BCUT2D eigenvalue weighted by Crippen LogP contribution is 2.05. The standard InChI is InChI=1S/2C4H9.Al.H2O.H/c2*1-4(2)3;;;/h2*4H,1H2,2-3H3;;1H2;. The fourth-order valence-electron chi connectivity index (χ4n) is 0.934. The molecule has 0 rings (SSSR count). The molecule has 0 saturated carbocycles. The topological polar surface area (TPSA) is 31.5 Å². The van der Waals surface area contributed by atoms with Crippen LogP contribution in [-0.4, -0.2) is 20.7 Å². The summed E-state index contributed by atoms with van der Waals surface area (Å²) in [7, 11) is 0. The Hall–Kier alpha value is 0.492. The maximum atomic E-state index is 2.33. The average Bonchev–Trinajstić information content (AvgIpc) is 1.63. The van der Waals surface area contributed by atoms with Crippen LogP contribution in [-0.2, 0) is 0 Å². The van der Waals surface area contributed by atoms with Crippen LogP contribution in [0.2, 0.25) is 10.6 Å². The molecule has 1 nitrogen and oxygen atoms in total. The van der Waals surface area contributed by atoms with Crippen LogP contribution in [0.1, 0.15) is 27.7 Å². The van der Waals surface area contributed by atoms with Gasteiger partial charge < -0.3 is 5.48 Å². The van der Waals surface area contributed by atoms with Crippen LogP contribution >= 0.6 is 0 Å². The van der Waals surface area contributed by atoms with E-state index in [1.54, 1.807) is 0 Å². The van der Waals surface area contributed by atoms with Gasteiger partial charge in [-0.15, -0.1) is 0 Å². The van der Waals surface area contributed by atoms with Crippen molar-refractivity contribution < 1.29 is 5.48 Å². The van der Waals surface area contributed by atoms with Crippen molar-refractivity contribution in [3.05, 3.63) is 0 Å². The average molecular weight is 160 g/mol. The first-order valence-electron chi connectivity index (χ1n) is 4.13. The lowest BCUT2D eigenvalue weighted by molar-refractivity contribution is 0.700. The second-order valence-corrected chi connectivity index (χ2v) is 5.58. The van der Waals surface area contributed by atoms with Crippen molar-refractivity contribution in [2.24, 2.45) is 11.8 Å². The van der Waals surface area contributed by atoms with Crippen molar-refractivity contribution in [2.75, 3.05) is 0 Å². The molecule has 0 atom stereocenters. The lowest BCUT2D eigenvalue weighted by atomic mass is 10.3. The molecule has 10 heavy (non-hydrogen) atoms. The van der Waals surface area contributed by atoms with Crippen molar-refractivity contribution in [1.29, 1.82) is 0 Å². The maximum absolute atomic E-state index is 2.33. The molecule has 0 aliphatic heterocycles. The van der Waals surface area contributed by atoms with E-state index in [0.29, 0.717) is 15.2 Å². The van der Waals surface area contributed by atoms with E-state index in [1.165, 1.54) is 10.6 Å². The molecule has 0 amide bonds. The molecule has 0 aliphatic rings. The lowest BCUT2D eigenvalue weighted by Gasteiger charge is -2.03. The summed E-state index contributed by atoms with van der Waals surface area (Å²) in [4.78, 5) is 0. The highest BCUT2D eigenvalue weighted by atomic mass is 27.1. The third-order valence-electron chi connectivity index (χ3n) is 1.56. The highest BCUT2D eigenvalue weighted by molar-refractivity contribution is 6.35. The normalized spacial score (nSPS) is 9.80. The zero-order valence-corrected chi connectivity index (χ0v) is 9.19. The molecule has 62 valence electrons. The van der Waals surface area contributed by atoms with Gasteiger partial charge in [-0.25, -0.2) is 0 Å². The highest BCUT2D eigenvalue weighted by Gasteiger charge is 1.99. The minimum Gasteiger partial charge on any atom is -0.412 e. The van der Waals surface area contributed by atoms with Gasteiger partial charge in [0, 0.05) is 0 Å². The Morgan fingerprint density at radius 2 is 1.20 bits per heavy atom. The van der Waals surface area contributed by atoms with Crippen LogP contribution in [0.4, 0.5) is 0 Å². The quantitative estimate of drug-likeness (QED) is 0.561. The van der Waals surface area contributed by atoms with E-state index >= 15 is 0 Å². The number of hydrogen-bond donors (Lipinski definition) is 0. The molecular weight excluding hydrogens is 139 g/mol. The van der Waals surface area contributed by atoms with Crippen molar-refractivity contribution in [3.63, 3.8) is 0 Å². The van der Waals surface area contributed by atoms with Gasteiger partial charge in [0.2, 0.25) is 15.2 Å². The molecule has 0 saturated heterocycles. The Labute approximate surface area is 71.2 Å². The van der Waals surface area contributed by atoms with E-state index in [-0.39, 0.29) is 5.48 Å². The molecule has 0 fully saturated rings. The SMILES string of the molecule is CC(C)[CH2][AlH][CH2]C(C)C.O. The first-order valence-corrected chi connectivity index (χ1v) is 6.13. The summed E-state index contributed by atoms with van der Waals surface area (Å²) in [5.41, 5.74) is 0. The van der Waals surface area contributed by atoms with Gasteiger partial charge >= 0.3 is 0 Å². The first kappa shape index (κ1) is 13.1. The van der Waals surface area contributed by atoms with Crippen molar-refractivity contribution in [2.45, 2.75) is 38.3 Å². The zero-order chi connectivity index (χ0) is 7.28. The maximum Gasteiger partial charge on any atom is 0.237 e. The minimum absolute atomic E-state index is 0. The van der Waals surface area contributed by atoms with Crippen LogP contribution in [0.15, 0.2) is 0 Å². The van der Waals surface area contributed by atoms with Gasteiger partial charge in [-0.2, -0.15) is 0 Å². The molecule has 2 heteroatoms. The van der Waals surface area contributed by atoms with Crippen molar-refractivity contribution in [1.82, 2.24) is 0 Å². The number of rotatable bonds is 4. The summed E-state index contributed by atoms with van der Waals surface area (Å²) < 4.78 is 0. The van der Waals surface area contributed by atoms with Gasteiger partial charge in [-0.3, -0.25) is 0 Å². The Morgan fingerprint density at radius 1 is 0.900 bits per heavy atom. The van der Waals surface area contributed by atoms with Gasteiger partial charge in [0.05, 0.1) is 0 Å². The molecular formula is C8H21AlO. The third-order valence-corrected chi connectivity index (χ3v) is 4.69. The molecule has 0 radical (unpaired) electrons. The Kier molecular flexibility index (Phi) is 9.96. The van der Waals surface area contributed by atoms with Crippen LogP contribution in [0.25, 0.3) is 0 Å². The molecule has 0 aromatic heterocycles. The van der Waals surface area contributed by atoms with Crippen LogP contribution in [0.5, 0.6) is 0 Å². The number of hydrogen-bond acceptors (Lipinski definition) is 0.